The molecule has 0 spiro atoms. The van der Waals surface area contributed by atoms with Crippen molar-refractivity contribution in [1.82, 2.24) is 4.98 Å². The topological polar surface area (TPSA) is 33.1 Å². The van der Waals surface area contributed by atoms with Gasteiger partial charge in [0.2, 0.25) is 0 Å². The Morgan fingerprint density at radius 3 is 2.75 bits per heavy atom. The predicted octanol–water partition coefficient (Wildman–Crippen LogP) is 2.96. The molecule has 0 amide bonds. The second-order valence-electron chi connectivity index (χ2n) is 3.60. The molecule has 1 N–H and O–H groups in total. The molecule has 2 nitrogen and oxygen atoms in total. The molecule has 0 aliphatic carbocycles. The lowest BCUT2D eigenvalue weighted by Crippen LogP contribution is -2.03. The maximum Gasteiger partial charge on any atom is 0.0845 e. The molecule has 1 heterocycles. The highest BCUT2D eigenvalue weighted by Gasteiger charge is 2.09. The highest BCUT2D eigenvalue weighted by molar-refractivity contribution is 14.1. The van der Waals surface area contributed by atoms with E-state index in [1.165, 1.54) is 0 Å². The van der Waals surface area contributed by atoms with E-state index in [9.17, 15) is 5.11 Å². The summed E-state index contributed by atoms with van der Waals surface area (Å²) in [6, 6.07) is 13.6. The number of rotatable bonds is 3. The van der Waals surface area contributed by atoms with E-state index in [0.717, 1.165) is 14.8 Å². The maximum absolute atomic E-state index is 10.1. The smallest absolute Gasteiger partial charge is 0.0845 e. The number of benzene rings is 1. The molecule has 1 aromatic heterocycles. The summed E-state index contributed by atoms with van der Waals surface area (Å²) in [6.45, 7) is 0. The quantitative estimate of drug-likeness (QED) is 0.880. The van der Waals surface area contributed by atoms with Crippen LogP contribution in [0.4, 0.5) is 0 Å². The van der Waals surface area contributed by atoms with E-state index in [4.69, 9.17) is 0 Å². The van der Waals surface area contributed by atoms with Crippen LogP contribution in [0.25, 0.3) is 0 Å². The average molecular weight is 325 g/mol. The first-order valence-corrected chi connectivity index (χ1v) is 6.17. The fourth-order valence-electron chi connectivity index (χ4n) is 1.55. The van der Waals surface area contributed by atoms with E-state index < -0.39 is 6.10 Å². The van der Waals surface area contributed by atoms with Crippen molar-refractivity contribution in [2.75, 3.05) is 0 Å². The van der Waals surface area contributed by atoms with Crippen LogP contribution in [0.5, 0.6) is 0 Å². The van der Waals surface area contributed by atoms with Crippen LogP contribution in [0.3, 0.4) is 0 Å². The second kappa shape index (κ2) is 5.41. The Morgan fingerprint density at radius 2 is 2.06 bits per heavy atom. The lowest BCUT2D eigenvalue weighted by molar-refractivity contribution is 0.177. The zero-order valence-electron chi connectivity index (χ0n) is 8.68. The Hall–Kier alpha value is -0.940. The van der Waals surface area contributed by atoms with Gasteiger partial charge in [0.15, 0.2) is 0 Å². The minimum absolute atomic E-state index is 0.482. The standard InChI is InChI=1S/C13H12INO/c14-11-5-3-4-10(8-11)13(16)9-12-6-1-2-7-15-12/h1-8,13,16H,9H2. The van der Waals surface area contributed by atoms with Crippen LogP contribution in [0.1, 0.15) is 17.4 Å². The Labute approximate surface area is 108 Å². The number of aliphatic hydroxyl groups is 1. The van der Waals surface area contributed by atoms with E-state index in [1.807, 2.05) is 42.5 Å². The molecule has 0 bridgehead atoms. The highest BCUT2D eigenvalue weighted by Crippen LogP contribution is 2.19. The molecular weight excluding hydrogens is 313 g/mol. The van der Waals surface area contributed by atoms with Crippen LogP contribution in [0.15, 0.2) is 48.7 Å². The molecule has 1 unspecified atom stereocenters. The first kappa shape index (κ1) is 11.5. The second-order valence-corrected chi connectivity index (χ2v) is 4.84. The van der Waals surface area contributed by atoms with E-state index in [2.05, 4.69) is 27.6 Å². The number of hydrogen-bond acceptors (Lipinski definition) is 2. The van der Waals surface area contributed by atoms with Gasteiger partial charge in [-0.1, -0.05) is 18.2 Å². The zero-order valence-corrected chi connectivity index (χ0v) is 10.8. The lowest BCUT2D eigenvalue weighted by Gasteiger charge is -2.10. The summed E-state index contributed by atoms with van der Waals surface area (Å²) in [5.41, 5.74) is 1.85. The monoisotopic (exact) mass is 325 g/mol. The number of aliphatic hydroxyl groups excluding tert-OH is 1. The Morgan fingerprint density at radius 1 is 1.19 bits per heavy atom. The summed E-state index contributed by atoms with van der Waals surface area (Å²) in [7, 11) is 0. The number of halogens is 1. The van der Waals surface area contributed by atoms with Crippen molar-refractivity contribution in [3.63, 3.8) is 0 Å². The van der Waals surface area contributed by atoms with Crippen molar-refractivity contribution in [3.8, 4) is 0 Å². The largest absolute Gasteiger partial charge is 0.388 e. The molecule has 0 aliphatic rings. The lowest BCUT2D eigenvalue weighted by atomic mass is 10.0. The molecule has 0 saturated carbocycles. The van der Waals surface area contributed by atoms with Gasteiger partial charge in [-0.3, -0.25) is 4.98 Å². The SMILES string of the molecule is OC(Cc1ccccn1)c1cccc(I)c1. The molecule has 82 valence electrons. The van der Waals surface area contributed by atoms with Gasteiger partial charge in [0.25, 0.3) is 0 Å². The third-order valence-electron chi connectivity index (χ3n) is 2.36. The van der Waals surface area contributed by atoms with Gasteiger partial charge in [-0.05, 0) is 52.4 Å². The number of aromatic nitrogens is 1. The molecule has 0 fully saturated rings. The molecule has 1 aromatic carbocycles. The van der Waals surface area contributed by atoms with Crippen molar-refractivity contribution in [2.45, 2.75) is 12.5 Å². The van der Waals surface area contributed by atoms with Crippen LogP contribution in [0.2, 0.25) is 0 Å². The summed E-state index contributed by atoms with van der Waals surface area (Å²) in [5, 5.41) is 10.1. The van der Waals surface area contributed by atoms with E-state index in [0.29, 0.717) is 6.42 Å². The first-order valence-electron chi connectivity index (χ1n) is 5.09. The molecule has 0 radical (unpaired) electrons. The van der Waals surface area contributed by atoms with Gasteiger partial charge >= 0.3 is 0 Å². The maximum atomic E-state index is 10.1. The van der Waals surface area contributed by atoms with Gasteiger partial charge < -0.3 is 5.11 Å². The predicted molar refractivity (Wildman–Crippen MR) is 72.1 cm³/mol. The minimum Gasteiger partial charge on any atom is -0.388 e. The zero-order chi connectivity index (χ0) is 11.4. The van der Waals surface area contributed by atoms with E-state index in [-0.39, 0.29) is 0 Å². The van der Waals surface area contributed by atoms with Gasteiger partial charge in [-0.2, -0.15) is 0 Å². The fourth-order valence-corrected chi connectivity index (χ4v) is 2.12. The van der Waals surface area contributed by atoms with Gasteiger partial charge in [-0.25, -0.2) is 0 Å². The van der Waals surface area contributed by atoms with Crippen LogP contribution in [-0.2, 0) is 6.42 Å². The Bertz CT molecular complexity index is 458. The number of hydrogen-bond donors (Lipinski definition) is 1. The average Bonchev–Trinajstić information content (AvgIpc) is 2.30. The van der Waals surface area contributed by atoms with Crippen LogP contribution in [0, 0.1) is 3.57 Å². The third kappa shape index (κ3) is 3.02. The number of nitrogens with zero attached hydrogens (tertiary/aromatic N) is 1. The normalized spacial score (nSPS) is 12.4. The van der Waals surface area contributed by atoms with E-state index in [1.54, 1.807) is 6.20 Å². The van der Waals surface area contributed by atoms with Crippen LogP contribution < -0.4 is 0 Å². The van der Waals surface area contributed by atoms with Gasteiger partial charge in [0.1, 0.15) is 0 Å². The van der Waals surface area contributed by atoms with Gasteiger partial charge in [0, 0.05) is 21.9 Å². The molecular formula is C13H12INO. The number of pyridine rings is 1. The molecule has 2 aromatic rings. The summed E-state index contributed by atoms with van der Waals surface area (Å²) in [5.74, 6) is 0. The van der Waals surface area contributed by atoms with Crippen molar-refractivity contribution in [1.29, 1.82) is 0 Å². The molecule has 1 atom stereocenters. The van der Waals surface area contributed by atoms with Crippen molar-refractivity contribution in [3.05, 3.63) is 63.5 Å². The van der Waals surface area contributed by atoms with Crippen LogP contribution >= 0.6 is 22.6 Å². The van der Waals surface area contributed by atoms with Crippen molar-refractivity contribution >= 4 is 22.6 Å². The summed E-state index contributed by atoms with van der Waals surface area (Å²) in [4.78, 5) is 4.20. The van der Waals surface area contributed by atoms with Crippen molar-refractivity contribution in [2.24, 2.45) is 0 Å². The van der Waals surface area contributed by atoms with Crippen LogP contribution in [-0.4, -0.2) is 10.1 Å². The van der Waals surface area contributed by atoms with Crippen molar-refractivity contribution < 1.29 is 5.11 Å². The highest BCUT2D eigenvalue weighted by atomic mass is 127. The summed E-state index contributed by atoms with van der Waals surface area (Å²) >= 11 is 2.24. The van der Waals surface area contributed by atoms with Gasteiger partial charge in [0.05, 0.1) is 6.10 Å². The first-order chi connectivity index (χ1) is 7.75. The van der Waals surface area contributed by atoms with E-state index >= 15 is 0 Å². The third-order valence-corrected chi connectivity index (χ3v) is 3.03. The Kier molecular flexibility index (Phi) is 3.90. The molecule has 2 rings (SSSR count). The summed E-state index contributed by atoms with van der Waals surface area (Å²) in [6.07, 6.45) is 1.82. The molecule has 0 saturated heterocycles. The molecule has 16 heavy (non-hydrogen) atoms. The van der Waals surface area contributed by atoms with Gasteiger partial charge in [-0.15, -0.1) is 0 Å². The molecule has 3 heteroatoms. The fraction of sp³-hybridized carbons (Fsp3) is 0.154. The summed E-state index contributed by atoms with van der Waals surface area (Å²) < 4.78 is 1.13. The minimum atomic E-state index is -0.482. The Balaban J connectivity index is 2.12. The molecule has 0 aliphatic heterocycles.